The van der Waals surface area contributed by atoms with E-state index in [1.165, 1.54) is 11.3 Å². The summed E-state index contributed by atoms with van der Waals surface area (Å²) < 4.78 is 30.7. The van der Waals surface area contributed by atoms with Crippen LogP contribution in [0.4, 0.5) is 0 Å². The van der Waals surface area contributed by atoms with Crippen LogP contribution in [-0.2, 0) is 16.1 Å². The van der Waals surface area contributed by atoms with E-state index in [0.29, 0.717) is 69.0 Å². The molecule has 5 rings (SSSR count). The van der Waals surface area contributed by atoms with Gasteiger partial charge in [-0.2, -0.15) is 0 Å². The summed E-state index contributed by atoms with van der Waals surface area (Å²) in [4.78, 5) is 32.5. The Morgan fingerprint density at radius 1 is 0.889 bits per heavy atom. The van der Waals surface area contributed by atoms with Gasteiger partial charge in [-0.25, -0.2) is 9.79 Å². The van der Waals surface area contributed by atoms with Gasteiger partial charge >= 0.3 is 5.97 Å². The van der Waals surface area contributed by atoms with Crippen LogP contribution in [0.15, 0.2) is 87.8 Å². The molecule has 234 valence electrons. The zero-order valence-corrected chi connectivity index (χ0v) is 26.8. The van der Waals surface area contributed by atoms with E-state index in [1.54, 1.807) is 37.7 Å². The Kier molecular flexibility index (Phi) is 10.0. The maximum absolute atomic E-state index is 14.1. The van der Waals surface area contributed by atoms with Gasteiger partial charge in [0.1, 0.15) is 6.61 Å². The summed E-state index contributed by atoms with van der Waals surface area (Å²) in [5, 5.41) is 0. The third-order valence-corrected chi connectivity index (χ3v) is 8.11. The number of methoxy groups -OCH3 is 1. The third-order valence-electron chi connectivity index (χ3n) is 7.12. The lowest BCUT2D eigenvalue weighted by Gasteiger charge is -2.25. The standard InChI is InChI=1S/C35H36N2O7S/c1-6-41-27-17-15-25(20-29(27)42-7-2)32-31(34(39)43-8-3)22(4)36-35-37(32)33(38)30(45-35)19-24-14-16-26(28(18-24)40-5)44-21-23-12-10-9-11-13-23/h9-20,32H,6-8,21H2,1-5H3/b30-19-/t32-/m1/s1. The number of hydrogen-bond donors (Lipinski definition) is 0. The van der Waals surface area contributed by atoms with Gasteiger partial charge in [-0.15, -0.1) is 0 Å². The number of aromatic nitrogens is 1. The molecule has 0 saturated carbocycles. The molecule has 2 heterocycles. The van der Waals surface area contributed by atoms with Crippen LogP contribution in [-0.4, -0.2) is 37.5 Å². The zero-order valence-electron chi connectivity index (χ0n) is 26.0. The van der Waals surface area contributed by atoms with Crippen LogP contribution in [0.1, 0.15) is 50.4 Å². The van der Waals surface area contributed by atoms with Crippen molar-refractivity contribution in [1.29, 1.82) is 0 Å². The van der Waals surface area contributed by atoms with Crippen molar-refractivity contribution in [3.63, 3.8) is 0 Å². The van der Waals surface area contributed by atoms with E-state index in [0.717, 1.165) is 11.1 Å². The van der Waals surface area contributed by atoms with E-state index in [4.69, 9.17) is 23.7 Å². The normalized spacial score (nSPS) is 14.4. The number of thiazole rings is 1. The molecular formula is C35H36N2O7S. The van der Waals surface area contributed by atoms with Crippen molar-refractivity contribution in [1.82, 2.24) is 4.57 Å². The van der Waals surface area contributed by atoms with Crippen molar-refractivity contribution in [2.24, 2.45) is 4.99 Å². The van der Waals surface area contributed by atoms with Crippen LogP contribution in [0.3, 0.4) is 0 Å². The van der Waals surface area contributed by atoms with E-state index in [2.05, 4.69) is 4.99 Å². The Labute approximate surface area is 265 Å². The Morgan fingerprint density at radius 3 is 2.31 bits per heavy atom. The van der Waals surface area contributed by atoms with Gasteiger partial charge in [0.2, 0.25) is 0 Å². The molecule has 0 amide bonds. The van der Waals surface area contributed by atoms with Crippen LogP contribution in [0, 0.1) is 0 Å². The molecule has 1 atom stereocenters. The van der Waals surface area contributed by atoms with Crippen LogP contribution < -0.4 is 33.8 Å². The van der Waals surface area contributed by atoms with Crippen LogP contribution in [0.5, 0.6) is 23.0 Å². The van der Waals surface area contributed by atoms with E-state index in [9.17, 15) is 9.59 Å². The zero-order chi connectivity index (χ0) is 31.9. The van der Waals surface area contributed by atoms with E-state index in [1.807, 2.05) is 74.5 Å². The highest BCUT2D eigenvalue weighted by Crippen LogP contribution is 2.36. The molecule has 0 N–H and O–H groups in total. The molecule has 1 aliphatic heterocycles. The lowest BCUT2D eigenvalue weighted by atomic mass is 9.95. The Balaban J connectivity index is 1.58. The molecule has 10 heteroatoms. The average molecular weight is 629 g/mol. The molecule has 1 aromatic heterocycles. The lowest BCUT2D eigenvalue weighted by molar-refractivity contribution is -0.139. The van der Waals surface area contributed by atoms with E-state index in [-0.39, 0.29) is 12.2 Å². The lowest BCUT2D eigenvalue weighted by Crippen LogP contribution is -2.40. The minimum Gasteiger partial charge on any atom is -0.493 e. The number of hydrogen-bond acceptors (Lipinski definition) is 9. The maximum atomic E-state index is 14.1. The first-order valence-electron chi connectivity index (χ1n) is 14.8. The van der Waals surface area contributed by atoms with Gasteiger partial charge in [-0.05, 0) is 74.7 Å². The summed E-state index contributed by atoms with van der Waals surface area (Å²) in [6.07, 6.45) is 1.79. The van der Waals surface area contributed by atoms with Gasteiger partial charge in [0, 0.05) is 0 Å². The highest BCUT2D eigenvalue weighted by molar-refractivity contribution is 7.07. The highest BCUT2D eigenvalue weighted by Gasteiger charge is 2.34. The predicted octanol–water partition coefficient (Wildman–Crippen LogP) is 5.18. The molecule has 4 aromatic rings. The second kappa shape index (κ2) is 14.3. The Morgan fingerprint density at radius 2 is 1.60 bits per heavy atom. The van der Waals surface area contributed by atoms with Gasteiger partial charge < -0.3 is 23.7 Å². The molecule has 0 radical (unpaired) electrons. The third kappa shape index (κ3) is 6.81. The number of nitrogens with zero attached hydrogens (tertiary/aromatic N) is 2. The molecule has 0 fully saturated rings. The first-order chi connectivity index (χ1) is 21.9. The molecule has 9 nitrogen and oxygen atoms in total. The quantitative estimate of drug-likeness (QED) is 0.200. The number of benzene rings is 3. The number of allylic oxidation sites excluding steroid dienone is 1. The van der Waals surface area contributed by atoms with Crippen LogP contribution >= 0.6 is 11.3 Å². The van der Waals surface area contributed by atoms with Gasteiger partial charge in [0.15, 0.2) is 27.8 Å². The second-order valence-electron chi connectivity index (χ2n) is 10.1. The van der Waals surface area contributed by atoms with Gasteiger partial charge in [-0.1, -0.05) is 53.8 Å². The van der Waals surface area contributed by atoms with E-state index >= 15 is 0 Å². The minimum atomic E-state index is -0.777. The average Bonchev–Trinajstić information content (AvgIpc) is 3.34. The summed E-state index contributed by atoms with van der Waals surface area (Å²) in [5.41, 5.74) is 2.96. The van der Waals surface area contributed by atoms with Crippen molar-refractivity contribution >= 4 is 23.4 Å². The van der Waals surface area contributed by atoms with Gasteiger partial charge in [-0.3, -0.25) is 9.36 Å². The van der Waals surface area contributed by atoms with Crippen LogP contribution in [0.25, 0.3) is 6.08 Å². The van der Waals surface area contributed by atoms with Crippen molar-refractivity contribution in [2.45, 2.75) is 40.3 Å². The maximum Gasteiger partial charge on any atom is 0.338 e. The molecule has 0 aliphatic carbocycles. The van der Waals surface area contributed by atoms with Crippen molar-refractivity contribution in [3.05, 3.63) is 114 Å². The summed E-state index contributed by atoms with van der Waals surface area (Å²) in [7, 11) is 1.58. The molecule has 1 aliphatic rings. The number of esters is 1. The van der Waals surface area contributed by atoms with E-state index < -0.39 is 12.0 Å². The summed E-state index contributed by atoms with van der Waals surface area (Å²) >= 11 is 1.25. The van der Waals surface area contributed by atoms with Crippen molar-refractivity contribution in [2.75, 3.05) is 26.9 Å². The first kappa shape index (κ1) is 31.6. The Bertz CT molecular complexity index is 1890. The SMILES string of the molecule is CCOC(=O)C1=C(C)N=c2s/c(=C\c3ccc(OCc4ccccc4)c(OC)c3)c(=O)n2[C@@H]1c1ccc(OCC)c(OCC)c1. The largest absolute Gasteiger partial charge is 0.493 e. The predicted molar refractivity (Wildman–Crippen MR) is 173 cm³/mol. The minimum absolute atomic E-state index is 0.188. The number of fused-ring (bicyclic) bond motifs is 1. The summed E-state index contributed by atoms with van der Waals surface area (Å²) in [6.45, 7) is 8.76. The van der Waals surface area contributed by atoms with Gasteiger partial charge in [0.05, 0.1) is 48.8 Å². The van der Waals surface area contributed by atoms with Crippen molar-refractivity contribution < 1.29 is 28.5 Å². The molecule has 0 bridgehead atoms. The fourth-order valence-corrected chi connectivity index (χ4v) is 6.17. The van der Waals surface area contributed by atoms with Crippen molar-refractivity contribution in [3.8, 4) is 23.0 Å². The van der Waals surface area contributed by atoms with Gasteiger partial charge in [0.25, 0.3) is 5.56 Å². The van der Waals surface area contributed by atoms with Crippen LogP contribution in [0.2, 0.25) is 0 Å². The fourth-order valence-electron chi connectivity index (χ4n) is 5.12. The molecule has 0 saturated heterocycles. The number of carbonyl (C=O) groups excluding carboxylic acids is 1. The smallest absolute Gasteiger partial charge is 0.338 e. The number of carbonyl (C=O) groups is 1. The Hall–Kier alpha value is -4.83. The first-order valence-corrected chi connectivity index (χ1v) is 15.6. The molecule has 0 unspecified atom stereocenters. The topological polar surface area (TPSA) is 97.6 Å². The summed E-state index contributed by atoms with van der Waals surface area (Å²) in [5.74, 6) is 1.72. The molecule has 3 aromatic carbocycles. The molecule has 0 spiro atoms. The number of ether oxygens (including phenoxy) is 5. The molecule has 45 heavy (non-hydrogen) atoms. The second-order valence-corrected chi connectivity index (χ2v) is 11.1. The highest BCUT2D eigenvalue weighted by atomic mass is 32.1. The number of rotatable bonds is 12. The molecular weight excluding hydrogens is 592 g/mol. The monoisotopic (exact) mass is 628 g/mol. The fraction of sp³-hybridized carbons (Fsp3) is 0.286. The summed E-state index contributed by atoms with van der Waals surface area (Å²) in [6, 6.07) is 20.1.